The van der Waals surface area contributed by atoms with E-state index < -0.39 is 0 Å². The first kappa shape index (κ1) is 11.1. The summed E-state index contributed by atoms with van der Waals surface area (Å²) in [5, 5.41) is 11.2. The smallest absolute Gasteiger partial charge is 0.0731 e. The maximum Gasteiger partial charge on any atom is 0.0731 e. The van der Waals surface area contributed by atoms with Crippen LogP contribution in [0, 0.1) is 29.6 Å². The highest BCUT2D eigenvalue weighted by Crippen LogP contribution is 2.61. The molecular formula is C15H26O. The Morgan fingerprint density at radius 2 is 1.38 bits per heavy atom. The van der Waals surface area contributed by atoms with Crippen LogP contribution in [0.5, 0.6) is 0 Å². The lowest BCUT2D eigenvalue weighted by atomic mass is 9.47. The van der Waals surface area contributed by atoms with E-state index in [-0.39, 0.29) is 5.60 Å². The van der Waals surface area contributed by atoms with Gasteiger partial charge in [-0.3, -0.25) is 0 Å². The highest BCUT2D eigenvalue weighted by molar-refractivity contribution is 5.08. The molecule has 0 amide bonds. The predicted molar refractivity (Wildman–Crippen MR) is 66.1 cm³/mol. The normalized spacial score (nSPS) is 50.2. The molecule has 4 bridgehead atoms. The Kier molecular flexibility index (Phi) is 2.58. The molecule has 1 heteroatoms. The Hall–Kier alpha value is -0.0400. The van der Waals surface area contributed by atoms with Crippen molar-refractivity contribution >= 4 is 0 Å². The number of hydrogen-bond acceptors (Lipinski definition) is 1. The molecule has 1 nitrogen and oxygen atoms in total. The summed E-state index contributed by atoms with van der Waals surface area (Å²) in [6.07, 6.45) is 9.14. The fourth-order valence-electron chi connectivity index (χ4n) is 5.55. The van der Waals surface area contributed by atoms with Crippen molar-refractivity contribution in [1.29, 1.82) is 0 Å². The highest BCUT2D eigenvalue weighted by Gasteiger charge is 2.58. The minimum atomic E-state index is -0.281. The SMILES string of the molecule is CCC(CC)C1(O)C2CC3CC(C2)CC1C3. The van der Waals surface area contributed by atoms with Gasteiger partial charge in [-0.2, -0.15) is 0 Å². The molecule has 16 heavy (non-hydrogen) atoms. The summed E-state index contributed by atoms with van der Waals surface area (Å²) in [4.78, 5) is 0. The summed E-state index contributed by atoms with van der Waals surface area (Å²) in [5.74, 6) is 3.79. The number of hydrogen-bond donors (Lipinski definition) is 1. The Morgan fingerprint density at radius 3 is 1.75 bits per heavy atom. The van der Waals surface area contributed by atoms with Crippen molar-refractivity contribution in [2.45, 2.75) is 64.4 Å². The second-order valence-corrected chi connectivity index (χ2v) is 6.71. The Labute approximate surface area is 99.6 Å². The lowest BCUT2D eigenvalue weighted by Crippen LogP contribution is -2.61. The van der Waals surface area contributed by atoms with Crippen LogP contribution in [-0.4, -0.2) is 10.7 Å². The van der Waals surface area contributed by atoms with Gasteiger partial charge in [0.25, 0.3) is 0 Å². The third-order valence-electron chi connectivity index (χ3n) is 6.09. The van der Waals surface area contributed by atoms with E-state index in [2.05, 4.69) is 13.8 Å². The van der Waals surface area contributed by atoms with Crippen LogP contribution in [0.2, 0.25) is 0 Å². The maximum atomic E-state index is 11.2. The minimum Gasteiger partial charge on any atom is -0.389 e. The lowest BCUT2D eigenvalue weighted by Gasteiger charge is -2.61. The van der Waals surface area contributed by atoms with Gasteiger partial charge in [0.15, 0.2) is 0 Å². The highest BCUT2D eigenvalue weighted by atomic mass is 16.3. The van der Waals surface area contributed by atoms with Gasteiger partial charge >= 0.3 is 0 Å². The van der Waals surface area contributed by atoms with Gasteiger partial charge in [0, 0.05) is 0 Å². The Bertz CT molecular complexity index is 239. The number of aliphatic hydroxyl groups is 1. The second kappa shape index (κ2) is 3.73. The molecule has 0 radical (unpaired) electrons. The van der Waals surface area contributed by atoms with Crippen LogP contribution in [0.1, 0.15) is 58.8 Å². The average molecular weight is 222 g/mol. The maximum absolute atomic E-state index is 11.2. The van der Waals surface area contributed by atoms with Crippen LogP contribution >= 0.6 is 0 Å². The van der Waals surface area contributed by atoms with E-state index in [1.54, 1.807) is 0 Å². The minimum absolute atomic E-state index is 0.281. The topological polar surface area (TPSA) is 20.2 Å². The first-order chi connectivity index (χ1) is 7.68. The van der Waals surface area contributed by atoms with E-state index in [4.69, 9.17) is 0 Å². The first-order valence-corrected chi connectivity index (χ1v) is 7.40. The van der Waals surface area contributed by atoms with Crippen LogP contribution in [0.15, 0.2) is 0 Å². The molecule has 0 aliphatic heterocycles. The largest absolute Gasteiger partial charge is 0.389 e. The molecule has 0 heterocycles. The van der Waals surface area contributed by atoms with Gasteiger partial charge in [-0.05, 0) is 61.7 Å². The molecule has 1 N–H and O–H groups in total. The fraction of sp³-hybridized carbons (Fsp3) is 1.00. The van der Waals surface area contributed by atoms with Crippen LogP contribution in [0.3, 0.4) is 0 Å². The van der Waals surface area contributed by atoms with Crippen LogP contribution in [0.4, 0.5) is 0 Å². The molecule has 0 aromatic heterocycles. The summed E-state index contributed by atoms with van der Waals surface area (Å²) in [5.41, 5.74) is -0.281. The standard InChI is InChI=1S/C15H26O/c1-3-12(4-2)15(16)13-6-10-5-11(8-13)9-14(15)7-10/h10-14,16H,3-9H2,1-2H3. The van der Waals surface area contributed by atoms with E-state index in [9.17, 15) is 5.11 Å². The van der Waals surface area contributed by atoms with Crippen molar-refractivity contribution in [3.05, 3.63) is 0 Å². The number of rotatable bonds is 3. The first-order valence-electron chi connectivity index (χ1n) is 7.40. The van der Waals surface area contributed by atoms with Crippen molar-refractivity contribution in [2.24, 2.45) is 29.6 Å². The summed E-state index contributed by atoms with van der Waals surface area (Å²) >= 11 is 0. The van der Waals surface area contributed by atoms with Crippen LogP contribution in [-0.2, 0) is 0 Å². The lowest BCUT2D eigenvalue weighted by molar-refractivity contribution is -0.203. The summed E-state index contributed by atoms with van der Waals surface area (Å²) in [6, 6.07) is 0. The zero-order valence-corrected chi connectivity index (χ0v) is 10.8. The van der Waals surface area contributed by atoms with E-state index in [0.717, 1.165) is 24.7 Å². The van der Waals surface area contributed by atoms with E-state index >= 15 is 0 Å². The van der Waals surface area contributed by atoms with Gasteiger partial charge in [0.2, 0.25) is 0 Å². The van der Waals surface area contributed by atoms with Gasteiger partial charge in [-0.25, -0.2) is 0 Å². The Morgan fingerprint density at radius 1 is 0.938 bits per heavy atom. The monoisotopic (exact) mass is 222 g/mol. The molecule has 0 aromatic rings. The molecule has 0 spiro atoms. The van der Waals surface area contributed by atoms with E-state index in [0.29, 0.717) is 17.8 Å². The molecule has 0 atom stereocenters. The molecule has 4 saturated carbocycles. The second-order valence-electron chi connectivity index (χ2n) is 6.71. The third kappa shape index (κ3) is 1.33. The third-order valence-corrected chi connectivity index (χ3v) is 6.09. The van der Waals surface area contributed by atoms with Crippen molar-refractivity contribution in [2.75, 3.05) is 0 Å². The molecule has 0 saturated heterocycles. The van der Waals surface area contributed by atoms with Crippen LogP contribution in [0.25, 0.3) is 0 Å². The quantitative estimate of drug-likeness (QED) is 0.773. The van der Waals surface area contributed by atoms with Gasteiger partial charge in [0.1, 0.15) is 0 Å². The molecule has 0 aromatic carbocycles. The molecule has 0 unspecified atom stereocenters. The van der Waals surface area contributed by atoms with Crippen molar-refractivity contribution in [3.63, 3.8) is 0 Å². The van der Waals surface area contributed by atoms with Crippen LogP contribution < -0.4 is 0 Å². The molecule has 4 aliphatic rings. The molecule has 92 valence electrons. The summed E-state index contributed by atoms with van der Waals surface area (Å²) in [6.45, 7) is 4.52. The average Bonchev–Trinajstić information content (AvgIpc) is 2.26. The summed E-state index contributed by atoms with van der Waals surface area (Å²) < 4.78 is 0. The van der Waals surface area contributed by atoms with Crippen molar-refractivity contribution < 1.29 is 5.11 Å². The molecule has 4 aliphatic carbocycles. The summed E-state index contributed by atoms with van der Waals surface area (Å²) in [7, 11) is 0. The van der Waals surface area contributed by atoms with E-state index in [1.807, 2.05) is 0 Å². The van der Waals surface area contributed by atoms with Crippen molar-refractivity contribution in [1.82, 2.24) is 0 Å². The van der Waals surface area contributed by atoms with E-state index in [1.165, 1.54) is 32.1 Å². The van der Waals surface area contributed by atoms with Gasteiger partial charge < -0.3 is 5.11 Å². The van der Waals surface area contributed by atoms with Gasteiger partial charge in [-0.1, -0.05) is 26.7 Å². The van der Waals surface area contributed by atoms with Gasteiger partial charge in [-0.15, -0.1) is 0 Å². The predicted octanol–water partition coefficient (Wildman–Crippen LogP) is 3.61. The zero-order valence-electron chi connectivity index (χ0n) is 10.8. The molecule has 4 rings (SSSR count). The molecular weight excluding hydrogens is 196 g/mol. The fourth-order valence-corrected chi connectivity index (χ4v) is 5.55. The zero-order chi connectivity index (χ0) is 11.3. The van der Waals surface area contributed by atoms with Gasteiger partial charge in [0.05, 0.1) is 5.60 Å². The molecule has 4 fully saturated rings. The van der Waals surface area contributed by atoms with Crippen molar-refractivity contribution in [3.8, 4) is 0 Å². The Balaban J connectivity index is 1.89.